The number of aromatic amines is 1. The first-order valence-corrected chi connectivity index (χ1v) is 8.12. The van der Waals surface area contributed by atoms with Crippen molar-refractivity contribution < 1.29 is 14.6 Å². The van der Waals surface area contributed by atoms with Crippen molar-refractivity contribution in [2.75, 3.05) is 13.1 Å². The van der Waals surface area contributed by atoms with E-state index in [1.54, 1.807) is 26.3 Å². The van der Waals surface area contributed by atoms with E-state index in [1.165, 1.54) is 0 Å². The zero-order valence-corrected chi connectivity index (χ0v) is 13.9. The summed E-state index contributed by atoms with van der Waals surface area (Å²) >= 11 is 0. The molecular formula is C18H23N3O3. The predicted octanol–water partition coefficient (Wildman–Crippen LogP) is 2.39. The minimum absolute atomic E-state index is 0.473. The van der Waals surface area contributed by atoms with Crippen molar-refractivity contribution in [3.05, 3.63) is 42.3 Å². The molecule has 0 aliphatic rings. The molecule has 3 aromatic heterocycles. The number of aliphatic hydroxyl groups excluding tert-OH is 2. The molecule has 0 fully saturated rings. The molecule has 3 N–H and O–H groups in total. The highest BCUT2D eigenvalue weighted by atomic mass is 16.3. The zero-order chi connectivity index (χ0) is 17.1. The van der Waals surface area contributed by atoms with Crippen LogP contribution >= 0.6 is 0 Å². The molecule has 6 nitrogen and oxygen atoms in total. The Morgan fingerprint density at radius 1 is 1.17 bits per heavy atom. The molecule has 3 heterocycles. The third-order valence-corrected chi connectivity index (χ3v) is 3.87. The molecule has 0 aromatic carbocycles. The molecule has 0 radical (unpaired) electrons. The Balaban J connectivity index is 2.01. The smallest absolute Gasteiger partial charge is 0.150 e. The van der Waals surface area contributed by atoms with E-state index in [0.717, 1.165) is 28.1 Å². The van der Waals surface area contributed by atoms with Gasteiger partial charge in [-0.05, 0) is 38.1 Å². The molecule has 3 rings (SSSR count). The van der Waals surface area contributed by atoms with Crippen LogP contribution in [-0.2, 0) is 6.54 Å². The van der Waals surface area contributed by atoms with Crippen LogP contribution in [0, 0.1) is 0 Å². The van der Waals surface area contributed by atoms with E-state index >= 15 is 0 Å². The van der Waals surface area contributed by atoms with Crippen LogP contribution in [-0.4, -0.2) is 50.4 Å². The Morgan fingerprint density at radius 3 is 2.54 bits per heavy atom. The summed E-state index contributed by atoms with van der Waals surface area (Å²) in [5, 5.41) is 20.6. The summed E-state index contributed by atoms with van der Waals surface area (Å²) in [5.74, 6) is 0.747. The van der Waals surface area contributed by atoms with Gasteiger partial charge in [0, 0.05) is 36.8 Å². The van der Waals surface area contributed by atoms with Crippen molar-refractivity contribution in [2.45, 2.75) is 32.6 Å². The molecule has 128 valence electrons. The van der Waals surface area contributed by atoms with Gasteiger partial charge in [0.05, 0.1) is 24.2 Å². The predicted molar refractivity (Wildman–Crippen MR) is 92.4 cm³/mol. The summed E-state index contributed by atoms with van der Waals surface area (Å²) < 4.78 is 5.56. The van der Waals surface area contributed by atoms with Gasteiger partial charge in [-0.15, -0.1) is 0 Å². The first kappa shape index (κ1) is 16.7. The zero-order valence-electron chi connectivity index (χ0n) is 13.9. The van der Waals surface area contributed by atoms with Gasteiger partial charge in [0.1, 0.15) is 11.4 Å². The average molecular weight is 329 g/mol. The van der Waals surface area contributed by atoms with Crippen LogP contribution in [0.15, 0.2) is 41.1 Å². The summed E-state index contributed by atoms with van der Waals surface area (Å²) in [6.45, 7) is 5.04. The lowest BCUT2D eigenvalue weighted by Gasteiger charge is -2.25. The molecule has 3 aromatic rings. The number of nitrogens with one attached hydrogen (secondary N) is 1. The standard InChI is InChI=1S/C18H23N3O3/c1-12(22)9-21(10-13(2)23)11-15-14-5-3-7-19-18(14)20-17(15)16-6-4-8-24-16/h3-8,12-13,22-23H,9-11H2,1-2H3,(H,19,20)/t12-,13-/m1/s1. The van der Waals surface area contributed by atoms with Crippen molar-refractivity contribution in [2.24, 2.45) is 0 Å². The van der Waals surface area contributed by atoms with Gasteiger partial charge in [0.25, 0.3) is 0 Å². The van der Waals surface area contributed by atoms with Gasteiger partial charge in [-0.25, -0.2) is 4.98 Å². The lowest BCUT2D eigenvalue weighted by atomic mass is 10.1. The number of H-pyrrole nitrogens is 1. The third-order valence-electron chi connectivity index (χ3n) is 3.87. The van der Waals surface area contributed by atoms with E-state index in [1.807, 2.05) is 29.2 Å². The Morgan fingerprint density at radius 2 is 1.92 bits per heavy atom. The Kier molecular flexibility index (Phi) is 4.99. The number of nitrogens with zero attached hydrogens (tertiary/aromatic N) is 2. The highest BCUT2D eigenvalue weighted by Gasteiger charge is 2.20. The molecule has 0 saturated heterocycles. The van der Waals surface area contributed by atoms with Gasteiger partial charge in [-0.2, -0.15) is 0 Å². The quantitative estimate of drug-likeness (QED) is 0.620. The second-order valence-corrected chi connectivity index (χ2v) is 6.25. The summed E-state index contributed by atoms with van der Waals surface area (Å²) in [6.07, 6.45) is 2.44. The van der Waals surface area contributed by atoms with Crippen molar-refractivity contribution in [3.8, 4) is 11.5 Å². The van der Waals surface area contributed by atoms with E-state index in [4.69, 9.17) is 4.42 Å². The molecule has 0 aliphatic carbocycles. The van der Waals surface area contributed by atoms with Crippen molar-refractivity contribution in [1.29, 1.82) is 0 Å². The summed E-state index contributed by atoms with van der Waals surface area (Å²) in [4.78, 5) is 9.75. The van der Waals surface area contributed by atoms with Crippen LogP contribution in [0.5, 0.6) is 0 Å². The molecule has 0 spiro atoms. The van der Waals surface area contributed by atoms with Gasteiger partial charge >= 0.3 is 0 Å². The highest BCUT2D eigenvalue weighted by Crippen LogP contribution is 2.30. The highest BCUT2D eigenvalue weighted by molar-refractivity contribution is 5.87. The third kappa shape index (κ3) is 3.67. The Bertz CT molecular complexity index is 768. The maximum atomic E-state index is 9.77. The molecule has 24 heavy (non-hydrogen) atoms. The van der Waals surface area contributed by atoms with E-state index in [0.29, 0.717) is 19.6 Å². The second-order valence-electron chi connectivity index (χ2n) is 6.25. The minimum Gasteiger partial charge on any atom is -0.463 e. The molecular weight excluding hydrogens is 306 g/mol. The molecule has 0 unspecified atom stereocenters. The minimum atomic E-state index is -0.473. The van der Waals surface area contributed by atoms with E-state index in [9.17, 15) is 10.2 Å². The van der Waals surface area contributed by atoms with Crippen molar-refractivity contribution >= 4 is 11.0 Å². The molecule has 0 aliphatic heterocycles. The lowest BCUT2D eigenvalue weighted by molar-refractivity contribution is 0.0797. The first-order chi connectivity index (χ1) is 11.5. The Hall–Kier alpha value is -2.15. The monoisotopic (exact) mass is 329 g/mol. The number of hydrogen-bond acceptors (Lipinski definition) is 5. The van der Waals surface area contributed by atoms with Crippen LogP contribution in [0.2, 0.25) is 0 Å². The molecule has 0 amide bonds. The van der Waals surface area contributed by atoms with Gasteiger partial charge in [0.15, 0.2) is 0 Å². The largest absolute Gasteiger partial charge is 0.463 e. The SMILES string of the molecule is C[C@@H](O)CN(Cc1c(-c2ccco2)[nH]c2ncccc12)C[C@@H](C)O. The number of fused-ring (bicyclic) bond motifs is 1. The molecule has 0 bridgehead atoms. The Labute approximate surface area is 140 Å². The fraction of sp³-hybridized carbons (Fsp3) is 0.389. The summed E-state index contributed by atoms with van der Waals surface area (Å²) in [5.41, 5.74) is 2.73. The van der Waals surface area contributed by atoms with Gasteiger partial charge in [0.2, 0.25) is 0 Å². The van der Waals surface area contributed by atoms with Gasteiger partial charge in [-0.1, -0.05) is 0 Å². The van der Waals surface area contributed by atoms with Crippen molar-refractivity contribution in [3.63, 3.8) is 0 Å². The summed E-state index contributed by atoms with van der Waals surface area (Å²) in [7, 11) is 0. The summed E-state index contributed by atoms with van der Waals surface area (Å²) in [6, 6.07) is 7.67. The number of rotatable bonds is 7. The van der Waals surface area contributed by atoms with E-state index in [2.05, 4.69) is 9.97 Å². The number of aliphatic hydroxyl groups is 2. The van der Waals surface area contributed by atoms with Crippen LogP contribution in [0.1, 0.15) is 19.4 Å². The second kappa shape index (κ2) is 7.17. The fourth-order valence-corrected chi connectivity index (χ4v) is 3.05. The lowest BCUT2D eigenvalue weighted by Crippen LogP contribution is -2.35. The molecule has 2 atom stereocenters. The number of aromatic nitrogens is 2. The van der Waals surface area contributed by atoms with Crippen LogP contribution in [0.4, 0.5) is 0 Å². The average Bonchev–Trinajstić information content (AvgIpc) is 3.14. The molecule has 6 heteroatoms. The van der Waals surface area contributed by atoms with E-state index in [-0.39, 0.29) is 0 Å². The fourth-order valence-electron chi connectivity index (χ4n) is 3.05. The molecule has 0 saturated carbocycles. The van der Waals surface area contributed by atoms with Crippen LogP contribution in [0.3, 0.4) is 0 Å². The number of hydrogen-bond donors (Lipinski definition) is 3. The number of pyridine rings is 1. The maximum absolute atomic E-state index is 9.77. The first-order valence-electron chi connectivity index (χ1n) is 8.12. The van der Waals surface area contributed by atoms with Gasteiger partial charge in [-0.3, -0.25) is 4.90 Å². The van der Waals surface area contributed by atoms with Crippen molar-refractivity contribution in [1.82, 2.24) is 14.9 Å². The topological polar surface area (TPSA) is 85.5 Å². The maximum Gasteiger partial charge on any atom is 0.150 e. The van der Waals surface area contributed by atoms with Crippen LogP contribution < -0.4 is 0 Å². The van der Waals surface area contributed by atoms with Gasteiger partial charge < -0.3 is 19.6 Å². The number of furan rings is 1. The van der Waals surface area contributed by atoms with Crippen LogP contribution in [0.25, 0.3) is 22.5 Å². The van der Waals surface area contributed by atoms with E-state index < -0.39 is 12.2 Å². The normalized spacial score (nSPS) is 14.4.